The summed E-state index contributed by atoms with van der Waals surface area (Å²) in [6.45, 7) is 0. The Labute approximate surface area is 155 Å². The number of benzene rings is 2. The van der Waals surface area contributed by atoms with Crippen molar-refractivity contribution >= 4 is 28.4 Å². The Kier molecular flexibility index (Phi) is 5.17. The topological polar surface area (TPSA) is 80.4 Å². The SMILES string of the molecule is O=[N+]([O-])c1cccc(-c2csc(N/N=C/c3ccccc3C(F)(F)F)n2)c1. The summed E-state index contributed by atoms with van der Waals surface area (Å²) >= 11 is 1.18. The zero-order valence-electron chi connectivity index (χ0n) is 13.5. The van der Waals surface area contributed by atoms with Crippen molar-refractivity contribution in [2.24, 2.45) is 5.10 Å². The molecule has 0 spiro atoms. The van der Waals surface area contributed by atoms with E-state index in [1.54, 1.807) is 17.5 Å². The van der Waals surface area contributed by atoms with Crippen LogP contribution in [0, 0.1) is 10.1 Å². The molecule has 138 valence electrons. The van der Waals surface area contributed by atoms with E-state index in [0.717, 1.165) is 12.3 Å². The van der Waals surface area contributed by atoms with Crippen LogP contribution >= 0.6 is 11.3 Å². The Morgan fingerprint density at radius 1 is 1.19 bits per heavy atom. The van der Waals surface area contributed by atoms with E-state index in [4.69, 9.17) is 0 Å². The molecule has 6 nitrogen and oxygen atoms in total. The van der Waals surface area contributed by atoms with E-state index in [-0.39, 0.29) is 11.3 Å². The van der Waals surface area contributed by atoms with E-state index in [1.165, 1.54) is 41.7 Å². The molecule has 1 heterocycles. The Hall–Kier alpha value is -3.27. The number of halogens is 3. The number of alkyl halides is 3. The number of thiazole rings is 1. The Bertz CT molecular complexity index is 1000. The van der Waals surface area contributed by atoms with Gasteiger partial charge in [-0.05, 0) is 6.07 Å². The summed E-state index contributed by atoms with van der Waals surface area (Å²) in [7, 11) is 0. The minimum absolute atomic E-state index is 0.0585. The minimum atomic E-state index is -4.47. The fourth-order valence-corrected chi connectivity index (χ4v) is 2.93. The van der Waals surface area contributed by atoms with Crippen molar-refractivity contribution in [3.8, 4) is 11.3 Å². The molecule has 0 bridgehead atoms. The van der Waals surface area contributed by atoms with Crippen LogP contribution in [-0.4, -0.2) is 16.1 Å². The monoisotopic (exact) mass is 392 g/mol. The van der Waals surface area contributed by atoms with Crippen LogP contribution < -0.4 is 5.43 Å². The molecule has 0 unspecified atom stereocenters. The van der Waals surface area contributed by atoms with Crippen LogP contribution in [0.15, 0.2) is 59.0 Å². The van der Waals surface area contributed by atoms with Crippen LogP contribution in [0.25, 0.3) is 11.3 Å². The van der Waals surface area contributed by atoms with Crippen LogP contribution in [0.2, 0.25) is 0 Å². The molecule has 1 aromatic heterocycles. The molecule has 0 radical (unpaired) electrons. The van der Waals surface area contributed by atoms with Gasteiger partial charge in [0.2, 0.25) is 5.13 Å². The second-order valence-corrected chi connectivity index (χ2v) is 6.16. The van der Waals surface area contributed by atoms with Crippen molar-refractivity contribution in [3.05, 3.63) is 75.2 Å². The van der Waals surface area contributed by atoms with Gasteiger partial charge in [-0.1, -0.05) is 30.3 Å². The molecule has 2 aromatic carbocycles. The number of hydrazone groups is 1. The number of rotatable bonds is 5. The first kappa shape index (κ1) is 18.5. The summed E-state index contributed by atoms with van der Waals surface area (Å²) in [5.41, 5.74) is 2.71. The molecule has 0 aliphatic carbocycles. The van der Waals surface area contributed by atoms with Gasteiger partial charge in [-0.3, -0.25) is 15.5 Å². The largest absolute Gasteiger partial charge is 0.417 e. The lowest BCUT2D eigenvalue weighted by Crippen LogP contribution is -2.08. The second kappa shape index (κ2) is 7.54. The maximum absolute atomic E-state index is 12.9. The van der Waals surface area contributed by atoms with Crippen molar-refractivity contribution < 1.29 is 18.1 Å². The van der Waals surface area contributed by atoms with Crippen LogP contribution in [0.5, 0.6) is 0 Å². The van der Waals surface area contributed by atoms with Crippen LogP contribution in [-0.2, 0) is 6.18 Å². The predicted molar refractivity (Wildman–Crippen MR) is 96.9 cm³/mol. The first-order valence-electron chi connectivity index (χ1n) is 7.50. The Balaban J connectivity index is 1.75. The van der Waals surface area contributed by atoms with Gasteiger partial charge in [0.05, 0.1) is 22.4 Å². The van der Waals surface area contributed by atoms with Gasteiger partial charge in [0.1, 0.15) is 0 Å². The number of aromatic nitrogens is 1. The van der Waals surface area contributed by atoms with Crippen molar-refractivity contribution in [2.45, 2.75) is 6.18 Å². The summed E-state index contributed by atoms with van der Waals surface area (Å²) in [4.78, 5) is 14.6. The normalized spacial score (nSPS) is 11.7. The van der Waals surface area contributed by atoms with E-state index < -0.39 is 16.7 Å². The average Bonchev–Trinajstić information content (AvgIpc) is 3.10. The van der Waals surface area contributed by atoms with Gasteiger partial charge in [-0.2, -0.15) is 18.3 Å². The molecule has 0 amide bonds. The number of hydrogen-bond donors (Lipinski definition) is 1. The minimum Gasteiger partial charge on any atom is -0.258 e. The molecule has 3 rings (SSSR count). The van der Waals surface area contributed by atoms with Gasteiger partial charge in [0.15, 0.2) is 0 Å². The molecular formula is C17H11F3N4O2S. The molecule has 0 saturated heterocycles. The highest BCUT2D eigenvalue weighted by Gasteiger charge is 2.32. The smallest absolute Gasteiger partial charge is 0.258 e. The average molecular weight is 392 g/mol. The molecule has 0 fully saturated rings. The molecule has 0 atom stereocenters. The highest BCUT2D eigenvalue weighted by molar-refractivity contribution is 7.14. The van der Waals surface area contributed by atoms with E-state index >= 15 is 0 Å². The van der Waals surface area contributed by atoms with Crippen LogP contribution in [0.4, 0.5) is 24.0 Å². The van der Waals surface area contributed by atoms with E-state index in [1.807, 2.05) is 0 Å². The molecule has 0 aliphatic rings. The third-order valence-electron chi connectivity index (χ3n) is 3.49. The second-order valence-electron chi connectivity index (χ2n) is 5.30. The summed E-state index contributed by atoms with van der Waals surface area (Å²) < 4.78 is 38.8. The molecular weight excluding hydrogens is 381 g/mol. The van der Waals surface area contributed by atoms with E-state index in [9.17, 15) is 23.3 Å². The third-order valence-corrected chi connectivity index (χ3v) is 4.23. The fourth-order valence-electron chi connectivity index (χ4n) is 2.26. The van der Waals surface area contributed by atoms with Crippen molar-refractivity contribution in [2.75, 3.05) is 5.43 Å². The zero-order chi connectivity index (χ0) is 19.4. The van der Waals surface area contributed by atoms with Crippen LogP contribution in [0.3, 0.4) is 0 Å². The summed E-state index contributed by atoms with van der Waals surface area (Å²) in [6, 6.07) is 11.1. The predicted octanol–water partition coefficient (Wildman–Crippen LogP) is 5.18. The Morgan fingerprint density at radius 3 is 2.70 bits per heavy atom. The first-order chi connectivity index (χ1) is 12.8. The number of nitrogens with zero attached hydrogens (tertiary/aromatic N) is 3. The van der Waals surface area contributed by atoms with Gasteiger partial charge in [-0.25, -0.2) is 4.98 Å². The molecule has 3 aromatic rings. The molecule has 0 saturated carbocycles. The fraction of sp³-hybridized carbons (Fsp3) is 0.0588. The molecule has 1 N–H and O–H groups in total. The van der Waals surface area contributed by atoms with Crippen molar-refractivity contribution in [3.63, 3.8) is 0 Å². The lowest BCUT2D eigenvalue weighted by molar-refractivity contribution is -0.384. The molecule has 27 heavy (non-hydrogen) atoms. The lowest BCUT2D eigenvalue weighted by Gasteiger charge is -2.08. The highest BCUT2D eigenvalue weighted by Crippen LogP contribution is 2.31. The van der Waals surface area contributed by atoms with Gasteiger partial charge in [-0.15, -0.1) is 11.3 Å². The zero-order valence-corrected chi connectivity index (χ0v) is 14.3. The standard InChI is InChI=1S/C17H11F3N4O2S/c18-17(19,20)14-7-2-1-4-12(14)9-21-23-16-22-15(10-27-16)11-5-3-6-13(8-11)24(25)26/h1-10H,(H,22,23)/b21-9+. The number of anilines is 1. The lowest BCUT2D eigenvalue weighted by atomic mass is 10.1. The highest BCUT2D eigenvalue weighted by atomic mass is 32.1. The van der Waals surface area contributed by atoms with E-state index in [0.29, 0.717) is 16.4 Å². The number of nitro benzene ring substituents is 1. The van der Waals surface area contributed by atoms with Gasteiger partial charge < -0.3 is 0 Å². The molecule has 10 heteroatoms. The van der Waals surface area contributed by atoms with Crippen LogP contribution in [0.1, 0.15) is 11.1 Å². The molecule has 0 aliphatic heterocycles. The quantitative estimate of drug-likeness (QED) is 0.368. The summed E-state index contributed by atoms with van der Waals surface area (Å²) in [5, 5.41) is 16.7. The Morgan fingerprint density at radius 2 is 1.96 bits per heavy atom. The van der Waals surface area contributed by atoms with Gasteiger partial charge in [0, 0.05) is 28.6 Å². The maximum Gasteiger partial charge on any atom is 0.417 e. The number of nitro groups is 1. The number of nitrogens with one attached hydrogen (secondary N) is 1. The maximum atomic E-state index is 12.9. The third kappa shape index (κ3) is 4.47. The number of hydrogen-bond acceptors (Lipinski definition) is 6. The summed E-state index contributed by atoms with van der Waals surface area (Å²) in [5.74, 6) is 0. The summed E-state index contributed by atoms with van der Waals surface area (Å²) in [6.07, 6.45) is -3.41. The van der Waals surface area contributed by atoms with Crippen molar-refractivity contribution in [1.29, 1.82) is 0 Å². The number of non-ortho nitro benzene ring substituents is 1. The van der Waals surface area contributed by atoms with E-state index in [2.05, 4.69) is 15.5 Å². The van der Waals surface area contributed by atoms with Gasteiger partial charge >= 0.3 is 6.18 Å². The van der Waals surface area contributed by atoms with Gasteiger partial charge in [0.25, 0.3) is 5.69 Å². The first-order valence-corrected chi connectivity index (χ1v) is 8.38. The van der Waals surface area contributed by atoms with Crippen molar-refractivity contribution in [1.82, 2.24) is 4.98 Å².